The van der Waals surface area contributed by atoms with Gasteiger partial charge in [-0.25, -0.2) is 4.79 Å². The normalized spacial score (nSPS) is 11.1. The van der Waals surface area contributed by atoms with Gasteiger partial charge in [-0.2, -0.15) is 0 Å². The number of nitrogen functional groups attached to an aromatic ring is 1. The van der Waals surface area contributed by atoms with Gasteiger partial charge in [0.15, 0.2) is 0 Å². The zero-order chi connectivity index (χ0) is 13.2. The molecule has 4 heteroatoms. The lowest BCUT2D eigenvalue weighted by atomic mass is 10.1. The van der Waals surface area contributed by atoms with Gasteiger partial charge in [-0.1, -0.05) is 0 Å². The summed E-state index contributed by atoms with van der Waals surface area (Å²) in [5.74, 6) is 0. The molecule has 0 unspecified atom stereocenters. The van der Waals surface area contributed by atoms with Gasteiger partial charge in [-0.05, 0) is 57.9 Å². The highest BCUT2D eigenvalue weighted by Crippen LogP contribution is 2.23. The topological polar surface area (TPSA) is 64.3 Å². The Morgan fingerprint density at radius 1 is 1.29 bits per heavy atom. The van der Waals surface area contributed by atoms with Gasteiger partial charge in [-0.3, -0.25) is 5.32 Å². The van der Waals surface area contributed by atoms with Crippen molar-refractivity contribution in [2.45, 2.75) is 40.2 Å². The lowest BCUT2D eigenvalue weighted by molar-refractivity contribution is 0.0636. The molecule has 0 saturated heterocycles. The van der Waals surface area contributed by atoms with E-state index in [2.05, 4.69) is 5.32 Å². The molecule has 0 atom stereocenters. The quantitative estimate of drug-likeness (QED) is 0.736. The molecule has 94 valence electrons. The van der Waals surface area contributed by atoms with Crippen LogP contribution in [0.1, 0.15) is 31.9 Å². The second-order valence-corrected chi connectivity index (χ2v) is 5.14. The van der Waals surface area contributed by atoms with E-state index in [0.717, 1.165) is 11.1 Å². The minimum atomic E-state index is -0.507. The molecule has 4 nitrogen and oxygen atoms in total. The number of nitrogens with one attached hydrogen (secondary N) is 1. The van der Waals surface area contributed by atoms with Crippen LogP contribution >= 0.6 is 0 Å². The monoisotopic (exact) mass is 236 g/mol. The van der Waals surface area contributed by atoms with Gasteiger partial charge >= 0.3 is 6.09 Å². The number of carbonyl (C=O) groups is 1. The van der Waals surface area contributed by atoms with E-state index in [1.807, 2.05) is 40.7 Å². The van der Waals surface area contributed by atoms with Crippen LogP contribution in [0.25, 0.3) is 0 Å². The highest BCUT2D eigenvalue weighted by atomic mass is 16.6. The van der Waals surface area contributed by atoms with E-state index >= 15 is 0 Å². The molecule has 3 N–H and O–H groups in total. The summed E-state index contributed by atoms with van der Waals surface area (Å²) in [6, 6.07) is 3.60. The third-order valence-corrected chi connectivity index (χ3v) is 2.33. The summed E-state index contributed by atoms with van der Waals surface area (Å²) in [5, 5.41) is 2.71. The summed E-state index contributed by atoms with van der Waals surface area (Å²) in [7, 11) is 0. The molecule has 1 aromatic rings. The predicted molar refractivity (Wildman–Crippen MR) is 70.2 cm³/mol. The number of benzene rings is 1. The van der Waals surface area contributed by atoms with Gasteiger partial charge in [0.25, 0.3) is 0 Å². The Morgan fingerprint density at radius 3 is 2.41 bits per heavy atom. The fourth-order valence-corrected chi connectivity index (χ4v) is 1.43. The zero-order valence-electron chi connectivity index (χ0n) is 11.0. The number of amides is 1. The van der Waals surface area contributed by atoms with Gasteiger partial charge in [0.1, 0.15) is 5.60 Å². The van der Waals surface area contributed by atoms with Crippen LogP contribution in [0.15, 0.2) is 12.1 Å². The van der Waals surface area contributed by atoms with Gasteiger partial charge in [0.2, 0.25) is 0 Å². The first kappa shape index (κ1) is 13.4. The van der Waals surface area contributed by atoms with E-state index in [0.29, 0.717) is 11.4 Å². The molecule has 0 aromatic heterocycles. The van der Waals surface area contributed by atoms with Crippen molar-refractivity contribution in [1.82, 2.24) is 0 Å². The second kappa shape index (κ2) is 4.65. The van der Waals surface area contributed by atoms with Crippen molar-refractivity contribution in [2.24, 2.45) is 0 Å². The highest BCUT2D eigenvalue weighted by Gasteiger charge is 2.17. The Bertz CT molecular complexity index is 434. The van der Waals surface area contributed by atoms with E-state index in [1.54, 1.807) is 6.07 Å². The fourth-order valence-electron chi connectivity index (χ4n) is 1.43. The summed E-state index contributed by atoms with van der Waals surface area (Å²) < 4.78 is 5.19. The van der Waals surface area contributed by atoms with Crippen molar-refractivity contribution < 1.29 is 9.53 Å². The largest absolute Gasteiger partial charge is 0.444 e. The van der Waals surface area contributed by atoms with Crippen LogP contribution in [-0.4, -0.2) is 11.7 Å². The number of rotatable bonds is 1. The lowest BCUT2D eigenvalue weighted by Crippen LogP contribution is -2.27. The van der Waals surface area contributed by atoms with Crippen LogP contribution in [0.3, 0.4) is 0 Å². The van der Waals surface area contributed by atoms with Gasteiger partial charge < -0.3 is 10.5 Å². The maximum atomic E-state index is 11.6. The van der Waals surface area contributed by atoms with Crippen LogP contribution in [0.4, 0.5) is 16.2 Å². The van der Waals surface area contributed by atoms with Gasteiger partial charge in [0.05, 0.1) is 0 Å². The Hall–Kier alpha value is -1.71. The zero-order valence-corrected chi connectivity index (χ0v) is 11.0. The third kappa shape index (κ3) is 3.98. The third-order valence-electron chi connectivity index (χ3n) is 2.33. The summed E-state index contributed by atoms with van der Waals surface area (Å²) >= 11 is 0. The van der Waals surface area contributed by atoms with E-state index < -0.39 is 11.7 Å². The lowest BCUT2D eigenvalue weighted by Gasteiger charge is -2.20. The van der Waals surface area contributed by atoms with Crippen molar-refractivity contribution in [3.8, 4) is 0 Å². The van der Waals surface area contributed by atoms with Crippen LogP contribution in [0.5, 0.6) is 0 Å². The molecule has 0 fully saturated rings. The Balaban J connectivity index is 2.85. The van der Waals surface area contributed by atoms with Crippen LogP contribution in [-0.2, 0) is 4.74 Å². The molecule has 0 heterocycles. The number of ether oxygens (including phenoxy) is 1. The molecule has 0 saturated carbocycles. The van der Waals surface area contributed by atoms with Crippen molar-refractivity contribution in [3.05, 3.63) is 23.3 Å². The first-order valence-electron chi connectivity index (χ1n) is 5.56. The maximum absolute atomic E-state index is 11.6. The van der Waals surface area contributed by atoms with E-state index in [-0.39, 0.29) is 0 Å². The highest BCUT2D eigenvalue weighted by molar-refractivity contribution is 5.87. The SMILES string of the molecule is Cc1cc(N)cc(NC(=O)OC(C)(C)C)c1C. The van der Waals surface area contributed by atoms with Gasteiger partial charge in [0, 0.05) is 11.4 Å². The number of carbonyl (C=O) groups excluding carboxylic acids is 1. The van der Waals surface area contributed by atoms with Crippen molar-refractivity contribution in [1.29, 1.82) is 0 Å². The molecule has 0 aliphatic rings. The summed E-state index contributed by atoms with van der Waals surface area (Å²) in [6.45, 7) is 9.35. The van der Waals surface area contributed by atoms with E-state index in [4.69, 9.17) is 10.5 Å². The average molecular weight is 236 g/mol. The average Bonchev–Trinajstić information content (AvgIpc) is 2.10. The Morgan fingerprint density at radius 2 is 1.88 bits per heavy atom. The minimum absolute atomic E-state index is 0.467. The summed E-state index contributed by atoms with van der Waals surface area (Å²) in [6.07, 6.45) is -0.467. The number of nitrogens with two attached hydrogens (primary N) is 1. The number of aryl methyl sites for hydroxylation is 1. The standard InChI is InChI=1S/C13H20N2O2/c1-8-6-10(14)7-11(9(8)2)15-12(16)17-13(3,4)5/h6-7H,14H2,1-5H3,(H,15,16). The van der Waals surface area contributed by atoms with Crippen LogP contribution < -0.4 is 11.1 Å². The molecule has 0 radical (unpaired) electrons. The van der Waals surface area contributed by atoms with Crippen LogP contribution in [0, 0.1) is 13.8 Å². The summed E-state index contributed by atoms with van der Waals surface area (Å²) in [5.41, 5.74) is 8.58. The molecule has 0 bridgehead atoms. The number of hydrogen-bond donors (Lipinski definition) is 2. The molecule has 0 aliphatic heterocycles. The molecule has 0 spiro atoms. The Labute approximate surface area is 102 Å². The minimum Gasteiger partial charge on any atom is -0.444 e. The fraction of sp³-hybridized carbons (Fsp3) is 0.462. The van der Waals surface area contributed by atoms with Crippen molar-refractivity contribution >= 4 is 17.5 Å². The van der Waals surface area contributed by atoms with Crippen LogP contribution in [0.2, 0.25) is 0 Å². The van der Waals surface area contributed by atoms with Crippen molar-refractivity contribution in [2.75, 3.05) is 11.1 Å². The molecule has 1 amide bonds. The second-order valence-electron chi connectivity index (χ2n) is 5.14. The Kier molecular flexibility index (Phi) is 3.66. The van der Waals surface area contributed by atoms with Crippen molar-refractivity contribution in [3.63, 3.8) is 0 Å². The predicted octanol–water partition coefficient (Wildman–Crippen LogP) is 3.23. The van der Waals surface area contributed by atoms with E-state index in [1.165, 1.54) is 0 Å². The number of anilines is 2. The molecule has 1 rings (SSSR count). The maximum Gasteiger partial charge on any atom is 0.412 e. The smallest absolute Gasteiger partial charge is 0.412 e. The summed E-state index contributed by atoms with van der Waals surface area (Å²) in [4.78, 5) is 11.6. The van der Waals surface area contributed by atoms with Gasteiger partial charge in [-0.15, -0.1) is 0 Å². The first-order chi connectivity index (χ1) is 7.69. The number of hydrogen-bond acceptors (Lipinski definition) is 3. The first-order valence-corrected chi connectivity index (χ1v) is 5.56. The molecular weight excluding hydrogens is 216 g/mol. The molecular formula is C13H20N2O2. The molecule has 17 heavy (non-hydrogen) atoms. The molecule has 1 aromatic carbocycles. The van der Waals surface area contributed by atoms with E-state index in [9.17, 15) is 4.79 Å². The molecule has 0 aliphatic carbocycles.